The van der Waals surface area contributed by atoms with E-state index in [4.69, 9.17) is 24.3 Å². The summed E-state index contributed by atoms with van der Waals surface area (Å²) in [5.41, 5.74) is 5.41. The van der Waals surface area contributed by atoms with Crippen LogP contribution >= 0.6 is 7.82 Å². The van der Waals surface area contributed by atoms with Crippen molar-refractivity contribution in [3.05, 3.63) is 24.3 Å². The molecule has 0 aliphatic heterocycles. The Hall–Kier alpha value is -1.51. The van der Waals surface area contributed by atoms with Crippen LogP contribution in [0.15, 0.2) is 24.3 Å². The van der Waals surface area contributed by atoms with E-state index >= 15 is 0 Å². The molecule has 0 bridgehead atoms. The number of hydrogen-bond acceptors (Lipinski definition) is 8. The molecule has 0 aromatic heterocycles. The Bertz CT molecular complexity index is 1430. The smallest absolute Gasteiger partial charge is 0.462 e. The number of nitrogens with two attached hydrogens (primary N) is 1. The van der Waals surface area contributed by atoms with Gasteiger partial charge in [0.05, 0.1) is 13.2 Å². The Morgan fingerprint density at radius 3 is 0.905 bits per heavy atom. The van der Waals surface area contributed by atoms with Crippen molar-refractivity contribution in [2.24, 2.45) is 5.73 Å². The number of ether oxygens (including phenoxy) is 2. The van der Waals surface area contributed by atoms with Gasteiger partial charge in [-0.25, -0.2) is 4.57 Å². The minimum absolute atomic E-state index is 0.0573. The van der Waals surface area contributed by atoms with Crippen molar-refractivity contribution >= 4 is 19.8 Å². The summed E-state index contributed by atoms with van der Waals surface area (Å²) in [6.07, 6.45) is 87.3. The molecule has 3 N–H and O–H groups in total. The number of unbranched alkanes of at least 4 members (excludes halogenated alkanes) is 55. The number of hydrogen-bond donors (Lipinski definition) is 2. The Balaban J connectivity index is 3.78. The van der Waals surface area contributed by atoms with Crippen LogP contribution in [0.3, 0.4) is 0 Å². The van der Waals surface area contributed by atoms with E-state index in [1.54, 1.807) is 0 Å². The predicted octanol–water partition coefficient (Wildman–Crippen LogP) is 24.5. The Labute approximate surface area is 522 Å². The molecule has 0 rings (SSSR count). The first kappa shape index (κ1) is 82.5. The van der Waals surface area contributed by atoms with Crippen molar-refractivity contribution in [3.63, 3.8) is 0 Å². The van der Waals surface area contributed by atoms with Gasteiger partial charge in [-0.05, 0) is 44.9 Å². The topological polar surface area (TPSA) is 134 Å². The standard InChI is InChI=1S/C74H144NO8P/c1-3-5-7-9-11-13-15-17-19-21-23-25-27-29-31-33-35-36-37-39-41-43-45-47-49-51-53-55-57-59-61-63-65-67-74(77)83-72(71-82-84(78,79)81-69-68-75)70-80-73(76)66-64-62-60-58-56-54-52-50-48-46-44-42-40-38-34-32-30-28-26-24-22-20-18-16-14-12-10-8-6-4-2/h15,17,21,23,72H,3-14,16,18-20,22,24-71,75H2,1-2H3,(H,78,79)/b17-15-,23-21-. The number of allylic oxidation sites excluding steroid dienone is 4. The Morgan fingerprint density at radius 1 is 0.357 bits per heavy atom. The van der Waals surface area contributed by atoms with Gasteiger partial charge in [-0.15, -0.1) is 0 Å². The third kappa shape index (κ3) is 69.6. The maximum absolute atomic E-state index is 12.8. The minimum Gasteiger partial charge on any atom is -0.462 e. The van der Waals surface area contributed by atoms with E-state index in [2.05, 4.69) is 38.2 Å². The molecular formula is C74H144NO8P. The van der Waals surface area contributed by atoms with Crippen molar-refractivity contribution in [2.75, 3.05) is 26.4 Å². The van der Waals surface area contributed by atoms with Crippen LogP contribution in [-0.2, 0) is 32.7 Å². The maximum atomic E-state index is 12.8. The molecule has 0 fully saturated rings. The maximum Gasteiger partial charge on any atom is 0.472 e. The van der Waals surface area contributed by atoms with Crippen LogP contribution in [0, 0.1) is 0 Å². The number of phosphoric acid groups is 1. The fourth-order valence-electron chi connectivity index (χ4n) is 11.6. The average molecular weight is 1210 g/mol. The molecular weight excluding hydrogens is 1060 g/mol. The Morgan fingerprint density at radius 2 is 0.619 bits per heavy atom. The molecule has 9 nitrogen and oxygen atoms in total. The van der Waals surface area contributed by atoms with E-state index in [1.165, 1.54) is 334 Å². The summed E-state index contributed by atoms with van der Waals surface area (Å²) in [6.45, 7) is 3.83. The summed E-state index contributed by atoms with van der Waals surface area (Å²) < 4.78 is 33.2. The molecule has 0 aromatic rings. The molecule has 0 saturated heterocycles. The molecule has 10 heteroatoms. The molecule has 2 unspecified atom stereocenters. The first-order valence-corrected chi connectivity index (χ1v) is 38.8. The minimum atomic E-state index is -4.39. The molecule has 0 amide bonds. The van der Waals surface area contributed by atoms with Crippen molar-refractivity contribution in [1.29, 1.82) is 0 Å². The van der Waals surface area contributed by atoms with Crippen LogP contribution in [0.25, 0.3) is 0 Å². The Kier molecular flexibility index (Phi) is 69.3. The number of carbonyl (C=O) groups is 2. The molecule has 0 heterocycles. The van der Waals surface area contributed by atoms with Gasteiger partial charge in [0.2, 0.25) is 0 Å². The van der Waals surface area contributed by atoms with Crippen molar-refractivity contribution in [2.45, 2.75) is 412 Å². The van der Waals surface area contributed by atoms with Gasteiger partial charge in [-0.2, -0.15) is 0 Å². The molecule has 0 aromatic carbocycles. The summed E-state index contributed by atoms with van der Waals surface area (Å²) in [5.74, 6) is -0.800. The van der Waals surface area contributed by atoms with E-state index < -0.39 is 26.5 Å². The normalized spacial score (nSPS) is 13.0. The first-order chi connectivity index (χ1) is 41.3. The van der Waals surface area contributed by atoms with Gasteiger partial charge in [0.1, 0.15) is 6.61 Å². The summed E-state index contributed by atoms with van der Waals surface area (Å²) in [7, 11) is -4.39. The second-order valence-corrected chi connectivity index (χ2v) is 27.0. The number of phosphoric ester groups is 1. The van der Waals surface area contributed by atoms with Gasteiger partial charge < -0.3 is 20.1 Å². The molecule has 0 aliphatic rings. The molecule has 0 aliphatic carbocycles. The SMILES string of the molecule is CCCCCCC/C=C\C/C=C\CCCCCCCCCCCCCCCCCCCCCCCC(=O)OC(COC(=O)CCCCCCCCCCCCCCCCCCCCCCCCCCCCCCCC)COP(=O)(O)OCCN. The molecule has 498 valence electrons. The predicted molar refractivity (Wildman–Crippen MR) is 363 cm³/mol. The fraction of sp³-hybridized carbons (Fsp3) is 0.919. The molecule has 0 radical (unpaired) electrons. The van der Waals surface area contributed by atoms with E-state index in [9.17, 15) is 19.0 Å². The second kappa shape index (κ2) is 70.6. The zero-order chi connectivity index (χ0) is 60.9. The van der Waals surface area contributed by atoms with Crippen LogP contribution in [-0.4, -0.2) is 49.3 Å². The molecule has 0 saturated carbocycles. The van der Waals surface area contributed by atoms with E-state index in [1.807, 2.05) is 0 Å². The zero-order valence-corrected chi connectivity index (χ0v) is 57.1. The highest BCUT2D eigenvalue weighted by Crippen LogP contribution is 2.43. The van der Waals surface area contributed by atoms with Gasteiger partial charge in [-0.1, -0.05) is 372 Å². The monoisotopic (exact) mass is 1210 g/mol. The fourth-order valence-corrected chi connectivity index (χ4v) is 12.3. The van der Waals surface area contributed by atoms with Gasteiger partial charge in [0.15, 0.2) is 6.10 Å². The van der Waals surface area contributed by atoms with Crippen molar-refractivity contribution in [1.82, 2.24) is 0 Å². The summed E-state index contributed by atoms with van der Waals surface area (Å²) in [4.78, 5) is 35.4. The second-order valence-electron chi connectivity index (χ2n) is 25.5. The van der Waals surface area contributed by atoms with Gasteiger partial charge in [-0.3, -0.25) is 18.6 Å². The largest absolute Gasteiger partial charge is 0.472 e. The first-order valence-electron chi connectivity index (χ1n) is 37.3. The van der Waals surface area contributed by atoms with E-state index in [0.717, 1.165) is 38.5 Å². The highest BCUT2D eigenvalue weighted by Gasteiger charge is 2.26. The lowest BCUT2D eigenvalue weighted by atomic mass is 10.0. The number of rotatable bonds is 72. The molecule has 0 spiro atoms. The summed E-state index contributed by atoms with van der Waals surface area (Å²) in [6, 6.07) is 0. The van der Waals surface area contributed by atoms with E-state index in [-0.39, 0.29) is 38.6 Å². The number of carbonyl (C=O) groups excluding carboxylic acids is 2. The highest BCUT2D eigenvalue weighted by atomic mass is 31.2. The average Bonchev–Trinajstić information content (AvgIpc) is 3.55. The van der Waals surface area contributed by atoms with Gasteiger partial charge in [0.25, 0.3) is 0 Å². The van der Waals surface area contributed by atoms with Crippen molar-refractivity contribution < 1.29 is 37.6 Å². The summed E-state index contributed by atoms with van der Waals surface area (Å²) in [5, 5.41) is 0. The molecule has 84 heavy (non-hydrogen) atoms. The van der Waals surface area contributed by atoms with Crippen LogP contribution in [0.5, 0.6) is 0 Å². The van der Waals surface area contributed by atoms with Crippen LogP contribution in [0.2, 0.25) is 0 Å². The zero-order valence-electron chi connectivity index (χ0n) is 56.2. The quantitative estimate of drug-likeness (QED) is 0.0264. The third-order valence-corrected chi connectivity index (χ3v) is 18.1. The molecule has 2 atom stereocenters. The number of esters is 2. The lowest BCUT2D eigenvalue weighted by Crippen LogP contribution is -2.29. The van der Waals surface area contributed by atoms with Gasteiger partial charge >= 0.3 is 19.8 Å². The van der Waals surface area contributed by atoms with Crippen LogP contribution in [0.4, 0.5) is 0 Å². The van der Waals surface area contributed by atoms with Gasteiger partial charge in [0, 0.05) is 19.4 Å². The van der Waals surface area contributed by atoms with Crippen LogP contribution in [0.1, 0.15) is 406 Å². The lowest BCUT2D eigenvalue weighted by molar-refractivity contribution is -0.161. The van der Waals surface area contributed by atoms with E-state index in [0.29, 0.717) is 6.42 Å². The lowest BCUT2D eigenvalue weighted by Gasteiger charge is -2.19. The van der Waals surface area contributed by atoms with Crippen molar-refractivity contribution in [3.8, 4) is 0 Å². The van der Waals surface area contributed by atoms with Crippen LogP contribution < -0.4 is 5.73 Å². The third-order valence-electron chi connectivity index (χ3n) is 17.1. The summed E-state index contributed by atoms with van der Waals surface area (Å²) >= 11 is 0. The highest BCUT2D eigenvalue weighted by molar-refractivity contribution is 7.47.